The molecular formula is C59H73N7O13. The van der Waals surface area contributed by atoms with Gasteiger partial charge in [-0.3, -0.25) is 29.1 Å². The molecule has 0 unspecified atom stereocenters. The van der Waals surface area contributed by atoms with Crippen LogP contribution in [0.3, 0.4) is 0 Å². The maximum atomic E-state index is 15.4. The maximum absolute atomic E-state index is 15.4. The second kappa shape index (κ2) is 26.1. The highest BCUT2D eigenvalue weighted by Crippen LogP contribution is 2.44. The molecule has 2 N–H and O–H groups in total. The number of rotatable bonds is 14. The quantitative estimate of drug-likeness (QED) is 0.0729. The van der Waals surface area contributed by atoms with Gasteiger partial charge < -0.3 is 43.7 Å². The first-order valence-electron chi connectivity index (χ1n) is 26.8. The van der Waals surface area contributed by atoms with E-state index in [0.717, 1.165) is 16.0 Å². The van der Waals surface area contributed by atoms with Gasteiger partial charge in [0.05, 0.1) is 30.2 Å². The number of imide groups is 1. The number of cyclic esters (lactones) is 1. The lowest BCUT2D eigenvalue weighted by molar-refractivity contribution is -0.298. The van der Waals surface area contributed by atoms with E-state index >= 15 is 4.79 Å². The highest BCUT2D eigenvalue weighted by molar-refractivity contribution is 6.03. The lowest BCUT2D eigenvalue weighted by Gasteiger charge is -2.48. The number of ketones is 1. The van der Waals surface area contributed by atoms with E-state index in [0.29, 0.717) is 23.5 Å². The minimum atomic E-state index is -1.90. The summed E-state index contributed by atoms with van der Waals surface area (Å²) in [5.74, 6) is -7.02. The fourth-order valence-electron chi connectivity index (χ4n) is 11.2. The number of aliphatic hydroxyl groups excluding tert-OH is 1. The van der Waals surface area contributed by atoms with Gasteiger partial charge in [0.1, 0.15) is 35.8 Å². The van der Waals surface area contributed by atoms with Gasteiger partial charge in [0.25, 0.3) is 5.91 Å². The molecule has 3 amide bonds. The number of carbonyl (C=O) groups excluding carboxylic acids is 6. The van der Waals surface area contributed by atoms with Crippen molar-refractivity contribution >= 4 is 48.0 Å². The van der Waals surface area contributed by atoms with Gasteiger partial charge in [-0.05, 0) is 103 Å². The number of alkyl carbamates (subject to hydrolysis) is 1. The number of fused-ring (bicyclic) bond motifs is 1. The first kappa shape index (κ1) is 59.4. The average molecular weight is 1090 g/mol. The molecule has 3 fully saturated rings. The summed E-state index contributed by atoms with van der Waals surface area (Å²) in [6.45, 7) is 13.0. The van der Waals surface area contributed by atoms with E-state index in [-0.39, 0.29) is 25.8 Å². The molecule has 0 spiro atoms. The fourth-order valence-corrected chi connectivity index (χ4v) is 11.2. The Bertz CT molecular complexity index is 2810. The summed E-state index contributed by atoms with van der Waals surface area (Å²) in [6.07, 6.45) is 4.87. The van der Waals surface area contributed by atoms with E-state index in [4.69, 9.17) is 28.4 Å². The monoisotopic (exact) mass is 1090 g/mol. The Morgan fingerprint density at radius 3 is 2.27 bits per heavy atom. The molecule has 0 aliphatic carbocycles. The van der Waals surface area contributed by atoms with Gasteiger partial charge in [0.2, 0.25) is 0 Å². The molecule has 0 radical (unpaired) electrons. The van der Waals surface area contributed by atoms with Crippen molar-refractivity contribution in [3.05, 3.63) is 121 Å². The Balaban J connectivity index is 1.31. The second-order valence-electron chi connectivity index (χ2n) is 21.4. The fraction of sp³-hybridized carbons (Fsp3) is 0.492. The molecule has 14 atom stereocenters. The number of hydrogen-bond acceptors (Lipinski definition) is 18. The molecule has 4 aromatic rings. The number of aliphatic hydroxyl groups is 1. The van der Waals surface area contributed by atoms with Crippen LogP contribution in [0.2, 0.25) is 0 Å². The molecule has 3 aromatic heterocycles. The van der Waals surface area contributed by atoms with Crippen LogP contribution < -0.4 is 5.32 Å². The normalized spacial score (nSPS) is 30.8. The van der Waals surface area contributed by atoms with E-state index in [1.807, 2.05) is 50.2 Å². The molecule has 6 heterocycles. The first-order valence-corrected chi connectivity index (χ1v) is 26.8. The van der Waals surface area contributed by atoms with Gasteiger partial charge in [0, 0.05) is 73.0 Å². The summed E-state index contributed by atoms with van der Waals surface area (Å²) in [5, 5.41) is 14.8. The van der Waals surface area contributed by atoms with Crippen LogP contribution in [0.4, 0.5) is 9.59 Å². The summed E-state index contributed by atoms with van der Waals surface area (Å²) in [5.41, 5.74) is -1.11. The van der Waals surface area contributed by atoms with Crippen LogP contribution in [-0.4, -0.2) is 151 Å². The standard InChI is InChI=1S/C59H73N7O13/c1-11-45-59(8)51(66(57(73)79-59)46(67)25-22-41-18-14-26-60-34-41)37(4)48(69)35(2)33-58(7,78-56(72)64-28-15-17-40-20-23-42(24-21-40)53-62-29-16-30-63-53)52(77-55-49(70)44(65(9)10)31-36(3)74-55)38(5)50(39(6)54(71)75-45)76-47(68)32-43-19-12-13-27-61-43/h12-27,29-30,34-39,44-45,49-52,55,70H,11,28,31-33H2,1-10H3,(H,64,72)/t35-,36-,37+,38+,39-,44+,45-,49-,50+,51-,52-,55+,58-,59-/m1/s1. The van der Waals surface area contributed by atoms with E-state index in [9.17, 15) is 29.1 Å². The third-order valence-electron chi connectivity index (χ3n) is 15.2. The van der Waals surface area contributed by atoms with Crippen molar-refractivity contribution in [3.63, 3.8) is 0 Å². The van der Waals surface area contributed by atoms with Crippen LogP contribution in [0.5, 0.6) is 0 Å². The molecular weight excluding hydrogens is 1010 g/mol. The van der Waals surface area contributed by atoms with E-state index < -0.39 is 120 Å². The van der Waals surface area contributed by atoms with Crippen LogP contribution in [0, 0.1) is 23.7 Å². The molecule has 1 aromatic carbocycles. The van der Waals surface area contributed by atoms with E-state index in [1.54, 1.807) is 102 Å². The molecule has 3 aliphatic heterocycles. The predicted molar refractivity (Wildman–Crippen MR) is 290 cm³/mol. The molecule has 0 bridgehead atoms. The van der Waals surface area contributed by atoms with Crippen molar-refractivity contribution in [2.24, 2.45) is 23.7 Å². The molecule has 79 heavy (non-hydrogen) atoms. The Morgan fingerprint density at radius 2 is 1.61 bits per heavy atom. The van der Waals surface area contributed by atoms with Gasteiger partial charge in [-0.2, -0.15) is 0 Å². The molecule has 7 rings (SSSR count). The van der Waals surface area contributed by atoms with Crippen molar-refractivity contribution < 1.29 is 62.3 Å². The summed E-state index contributed by atoms with van der Waals surface area (Å²) >= 11 is 0. The Morgan fingerprint density at radius 1 is 0.886 bits per heavy atom. The third-order valence-corrected chi connectivity index (χ3v) is 15.2. The number of ether oxygens (including phenoxy) is 6. The number of likely N-dealkylation sites (N-methyl/N-ethyl adjacent to an activating group) is 1. The van der Waals surface area contributed by atoms with Crippen LogP contribution >= 0.6 is 0 Å². The highest BCUT2D eigenvalue weighted by atomic mass is 16.7. The minimum Gasteiger partial charge on any atom is -0.461 e. The maximum Gasteiger partial charge on any atom is 0.417 e. The minimum absolute atomic E-state index is 0.0137. The zero-order valence-corrected chi connectivity index (χ0v) is 46.5. The van der Waals surface area contributed by atoms with Crippen LogP contribution in [-0.2, 0) is 54.0 Å². The SMILES string of the molecule is CC[C@H]1OC(=O)[C@H](C)[C@@H](OC(=O)Cc2ccccn2)[C@H](C)[C@@H](O[C@@H]2O[C@H](C)C[C@H](N(C)C)[C@H]2O)[C@](C)(OC(=O)NCC=Cc2ccc(-c3ncccn3)cc2)C[C@@H](C)C(=O)[C@H](C)[C@H]2N(C(=O)C=Cc3cccnc3)C(=O)O[C@]12C. The average Bonchev–Trinajstić information content (AvgIpc) is 4.02. The summed E-state index contributed by atoms with van der Waals surface area (Å²) in [6, 6.07) is 15.9. The highest BCUT2D eigenvalue weighted by Gasteiger charge is 2.62. The summed E-state index contributed by atoms with van der Waals surface area (Å²) in [4.78, 5) is 107. The van der Waals surface area contributed by atoms with Crippen molar-refractivity contribution in [3.8, 4) is 11.4 Å². The molecule has 3 saturated heterocycles. The van der Waals surface area contributed by atoms with E-state index in [2.05, 4.69) is 25.3 Å². The lowest BCUT2D eigenvalue weighted by atomic mass is 9.73. The molecule has 3 aliphatic rings. The number of pyridine rings is 2. The van der Waals surface area contributed by atoms with Gasteiger partial charge in [0.15, 0.2) is 17.7 Å². The molecule has 20 nitrogen and oxygen atoms in total. The number of nitrogens with one attached hydrogen (secondary N) is 1. The Hall–Kier alpha value is -7.26. The Kier molecular flexibility index (Phi) is 19.7. The molecule has 0 saturated carbocycles. The van der Waals surface area contributed by atoms with Gasteiger partial charge in [-0.25, -0.2) is 24.5 Å². The first-order chi connectivity index (χ1) is 37.6. The number of carbonyl (C=O) groups is 6. The van der Waals surface area contributed by atoms with Crippen molar-refractivity contribution in [1.82, 2.24) is 35.1 Å². The number of esters is 2. The van der Waals surface area contributed by atoms with Crippen LogP contribution in [0.25, 0.3) is 23.5 Å². The number of Topliss-reactive ketones (excluding diaryl/α,β-unsaturated/α-hetero) is 1. The Labute approximate surface area is 461 Å². The zero-order chi connectivity index (χ0) is 57.2. The van der Waals surface area contributed by atoms with Gasteiger partial charge in [-0.15, -0.1) is 0 Å². The number of amides is 3. The number of aromatic nitrogens is 4. The van der Waals surface area contributed by atoms with Crippen LogP contribution in [0.1, 0.15) is 91.5 Å². The second-order valence-corrected chi connectivity index (χ2v) is 21.4. The van der Waals surface area contributed by atoms with Crippen molar-refractivity contribution in [2.45, 2.75) is 141 Å². The smallest absolute Gasteiger partial charge is 0.417 e. The summed E-state index contributed by atoms with van der Waals surface area (Å²) in [7, 11) is 3.63. The van der Waals surface area contributed by atoms with Crippen molar-refractivity contribution in [2.75, 3.05) is 20.6 Å². The molecule has 422 valence electrons. The number of hydrogen-bond donors (Lipinski definition) is 2. The van der Waals surface area contributed by atoms with Gasteiger partial charge >= 0.3 is 24.1 Å². The van der Waals surface area contributed by atoms with Crippen LogP contribution in [0.15, 0.2) is 104 Å². The topological polar surface area (TPSA) is 248 Å². The lowest BCUT2D eigenvalue weighted by Crippen LogP contribution is -2.61. The van der Waals surface area contributed by atoms with Gasteiger partial charge in [-0.1, -0.05) is 76.2 Å². The van der Waals surface area contributed by atoms with Crippen molar-refractivity contribution in [1.29, 1.82) is 0 Å². The largest absolute Gasteiger partial charge is 0.461 e. The molecule has 20 heteroatoms. The zero-order valence-electron chi connectivity index (χ0n) is 46.5. The number of benzene rings is 1. The summed E-state index contributed by atoms with van der Waals surface area (Å²) < 4.78 is 38.6. The predicted octanol–water partition coefficient (Wildman–Crippen LogP) is 7.06. The van der Waals surface area contributed by atoms with E-state index in [1.165, 1.54) is 38.4 Å². The third kappa shape index (κ3) is 14.1. The number of nitrogens with zero attached hydrogens (tertiary/aromatic N) is 6.